The Balaban J connectivity index is 1.42. The van der Waals surface area contributed by atoms with Crippen LogP contribution >= 0.6 is 23.2 Å². The highest BCUT2D eigenvalue weighted by Gasteiger charge is 2.13. The number of benzene rings is 4. The zero-order chi connectivity index (χ0) is 23.4. The molecule has 0 aliphatic heterocycles. The Morgan fingerprint density at radius 3 is 1.82 bits per heavy atom. The molecule has 0 spiro atoms. The molecule has 0 saturated heterocycles. The maximum absolute atomic E-state index is 12.4. The first-order valence-electron chi connectivity index (χ1n) is 9.86. The van der Waals surface area contributed by atoms with Crippen LogP contribution in [-0.2, 0) is 4.74 Å². The minimum Gasteiger partial charge on any atom is -0.454 e. The molecule has 4 aromatic rings. The van der Waals surface area contributed by atoms with Gasteiger partial charge in [0.2, 0.25) is 0 Å². The Kier molecular flexibility index (Phi) is 6.73. The zero-order valence-electron chi connectivity index (χ0n) is 17.1. The molecule has 7 heteroatoms. The van der Waals surface area contributed by atoms with E-state index in [-0.39, 0.29) is 12.4 Å². The summed E-state index contributed by atoms with van der Waals surface area (Å²) in [6.45, 7) is -0.377. The highest BCUT2D eigenvalue weighted by Crippen LogP contribution is 2.23. The van der Waals surface area contributed by atoms with Crippen molar-refractivity contribution in [3.05, 3.63) is 112 Å². The number of esters is 2. The molecule has 4 rings (SSSR count). The van der Waals surface area contributed by atoms with E-state index in [0.717, 1.165) is 10.8 Å². The summed E-state index contributed by atoms with van der Waals surface area (Å²) in [4.78, 5) is 36.9. The summed E-state index contributed by atoms with van der Waals surface area (Å²) in [5, 5.41) is 2.56. The molecule has 0 unspecified atom stereocenters. The Bertz CT molecular complexity index is 1350. The van der Waals surface area contributed by atoms with E-state index in [4.69, 9.17) is 32.7 Å². The standard InChI is InChI=1S/C26H16Cl2O5/c27-21-8-3-16(4-9-21)24(29)15-32-25(30)20-2-1-19-14-23(12-7-18(19)13-20)33-26(31)17-5-10-22(28)11-6-17/h1-14H,15H2. The molecular weight excluding hydrogens is 463 g/mol. The van der Waals surface area contributed by atoms with Crippen LogP contribution in [-0.4, -0.2) is 24.3 Å². The maximum Gasteiger partial charge on any atom is 0.343 e. The molecule has 0 aliphatic rings. The summed E-state index contributed by atoms with van der Waals surface area (Å²) in [5.74, 6) is -1.08. The van der Waals surface area contributed by atoms with Gasteiger partial charge in [-0.05, 0) is 83.6 Å². The van der Waals surface area contributed by atoms with Gasteiger partial charge in [-0.15, -0.1) is 0 Å². The third-order valence-electron chi connectivity index (χ3n) is 4.84. The van der Waals surface area contributed by atoms with Gasteiger partial charge < -0.3 is 9.47 Å². The van der Waals surface area contributed by atoms with Crippen molar-refractivity contribution in [2.24, 2.45) is 0 Å². The summed E-state index contributed by atoms with van der Waals surface area (Å²) in [7, 11) is 0. The van der Waals surface area contributed by atoms with Crippen LogP contribution in [0.1, 0.15) is 31.1 Å². The van der Waals surface area contributed by atoms with Crippen molar-refractivity contribution >= 4 is 51.7 Å². The van der Waals surface area contributed by atoms with Crippen molar-refractivity contribution in [1.82, 2.24) is 0 Å². The van der Waals surface area contributed by atoms with E-state index in [1.54, 1.807) is 84.9 Å². The number of ketones is 1. The summed E-state index contributed by atoms with van der Waals surface area (Å²) in [6, 6.07) is 22.8. The topological polar surface area (TPSA) is 69.7 Å². The van der Waals surface area contributed by atoms with E-state index in [1.807, 2.05) is 0 Å². The number of carbonyl (C=O) groups is 3. The quantitative estimate of drug-likeness (QED) is 0.182. The van der Waals surface area contributed by atoms with E-state index in [0.29, 0.717) is 32.5 Å². The fourth-order valence-electron chi connectivity index (χ4n) is 3.10. The molecule has 0 heterocycles. The van der Waals surface area contributed by atoms with Crippen molar-refractivity contribution in [2.75, 3.05) is 6.61 Å². The van der Waals surface area contributed by atoms with Crippen molar-refractivity contribution in [3.8, 4) is 5.75 Å². The van der Waals surface area contributed by atoms with Gasteiger partial charge in [0.25, 0.3) is 0 Å². The van der Waals surface area contributed by atoms with Crippen LogP contribution in [0.25, 0.3) is 10.8 Å². The molecule has 0 saturated carbocycles. The normalized spacial score (nSPS) is 10.6. The molecule has 4 aromatic carbocycles. The fourth-order valence-corrected chi connectivity index (χ4v) is 3.35. The second kappa shape index (κ2) is 9.86. The lowest BCUT2D eigenvalue weighted by atomic mass is 10.1. The number of fused-ring (bicyclic) bond motifs is 1. The molecular formula is C26H16Cl2O5. The maximum atomic E-state index is 12.4. The second-order valence-electron chi connectivity index (χ2n) is 7.13. The van der Waals surface area contributed by atoms with E-state index in [9.17, 15) is 14.4 Å². The minimum atomic E-state index is -0.613. The smallest absolute Gasteiger partial charge is 0.343 e. The summed E-state index contributed by atoms with van der Waals surface area (Å²) in [6.07, 6.45) is 0. The van der Waals surface area contributed by atoms with Gasteiger partial charge in [0.1, 0.15) is 5.75 Å². The van der Waals surface area contributed by atoms with Gasteiger partial charge in [0.05, 0.1) is 11.1 Å². The van der Waals surface area contributed by atoms with Crippen LogP contribution in [0, 0.1) is 0 Å². The number of halogens is 2. The van der Waals surface area contributed by atoms with E-state index in [2.05, 4.69) is 0 Å². The second-order valence-corrected chi connectivity index (χ2v) is 8.00. The highest BCUT2D eigenvalue weighted by molar-refractivity contribution is 6.31. The zero-order valence-corrected chi connectivity index (χ0v) is 18.6. The van der Waals surface area contributed by atoms with Gasteiger partial charge in [-0.2, -0.15) is 0 Å². The lowest BCUT2D eigenvalue weighted by molar-refractivity contribution is 0.0475. The molecule has 5 nitrogen and oxygen atoms in total. The van der Waals surface area contributed by atoms with Gasteiger partial charge >= 0.3 is 11.9 Å². The molecule has 0 N–H and O–H groups in total. The van der Waals surface area contributed by atoms with Gasteiger partial charge in [-0.1, -0.05) is 35.3 Å². The van der Waals surface area contributed by atoms with E-state index < -0.39 is 11.9 Å². The van der Waals surface area contributed by atoms with Crippen molar-refractivity contribution < 1.29 is 23.9 Å². The first-order valence-corrected chi connectivity index (χ1v) is 10.6. The average Bonchev–Trinajstić information content (AvgIpc) is 2.82. The molecule has 0 aromatic heterocycles. The average molecular weight is 479 g/mol. The predicted molar refractivity (Wildman–Crippen MR) is 126 cm³/mol. The lowest BCUT2D eigenvalue weighted by Crippen LogP contribution is -2.14. The summed E-state index contributed by atoms with van der Waals surface area (Å²) in [5.41, 5.74) is 1.09. The molecule has 164 valence electrons. The van der Waals surface area contributed by atoms with Crippen LogP contribution in [0.15, 0.2) is 84.9 Å². The van der Waals surface area contributed by atoms with Crippen molar-refractivity contribution in [3.63, 3.8) is 0 Å². The van der Waals surface area contributed by atoms with Crippen LogP contribution in [0.4, 0.5) is 0 Å². The van der Waals surface area contributed by atoms with Crippen LogP contribution in [0.3, 0.4) is 0 Å². The van der Waals surface area contributed by atoms with E-state index >= 15 is 0 Å². The third kappa shape index (κ3) is 5.58. The molecule has 0 fully saturated rings. The third-order valence-corrected chi connectivity index (χ3v) is 5.34. The lowest BCUT2D eigenvalue weighted by Gasteiger charge is -2.08. The van der Waals surface area contributed by atoms with Crippen molar-refractivity contribution in [1.29, 1.82) is 0 Å². The van der Waals surface area contributed by atoms with Gasteiger partial charge in [-0.25, -0.2) is 9.59 Å². The summed E-state index contributed by atoms with van der Waals surface area (Å²) < 4.78 is 10.6. The monoisotopic (exact) mass is 478 g/mol. The molecule has 0 radical (unpaired) electrons. The largest absolute Gasteiger partial charge is 0.454 e. The Labute approximate surface area is 199 Å². The molecule has 0 atom stereocenters. The Hall–Kier alpha value is -3.67. The first kappa shape index (κ1) is 22.5. The molecule has 33 heavy (non-hydrogen) atoms. The number of carbonyl (C=O) groups excluding carboxylic acids is 3. The van der Waals surface area contributed by atoms with Gasteiger partial charge in [0.15, 0.2) is 12.4 Å². The van der Waals surface area contributed by atoms with Gasteiger partial charge in [0, 0.05) is 15.6 Å². The number of rotatable bonds is 6. The number of ether oxygens (including phenoxy) is 2. The summed E-state index contributed by atoms with van der Waals surface area (Å²) >= 11 is 11.7. The van der Waals surface area contributed by atoms with Gasteiger partial charge in [-0.3, -0.25) is 4.79 Å². The Morgan fingerprint density at radius 1 is 0.606 bits per heavy atom. The number of hydrogen-bond donors (Lipinski definition) is 0. The van der Waals surface area contributed by atoms with Crippen LogP contribution < -0.4 is 4.74 Å². The fraction of sp³-hybridized carbons (Fsp3) is 0.0385. The van der Waals surface area contributed by atoms with Crippen LogP contribution in [0.2, 0.25) is 10.0 Å². The highest BCUT2D eigenvalue weighted by atomic mass is 35.5. The Morgan fingerprint density at radius 2 is 1.15 bits per heavy atom. The van der Waals surface area contributed by atoms with Crippen molar-refractivity contribution in [2.45, 2.75) is 0 Å². The van der Waals surface area contributed by atoms with E-state index in [1.165, 1.54) is 0 Å². The first-order chi connectivity index (χ1) is 15.9. The molecule has 0 amide bonds. The number of hydrogen-bond acceptors (Lipinski definition) is 5. The SMILES string of the molecule is O=C(COC(=O)c1ccc2cc(OC(=O)c3ccc(Cl)cc3)ccc2c1)c1ccc(Cl)cc1. The number of Topliss-reactive ketones (excluding diaryl/α,β-unsaturated/α-hetero) is 1. The van der Waals surface area contributed by atoms with Crippen LogP contribution in [0.5, 0.6) is 5.75 Å². The molecule has 0 bridgehead atoms. The predicted octanol–water partition coefficient (Wildman–Crippen LogP) is 6.41. The minimum absolute atomic E-state index is 0.303. The molecule has 0 aliphatic carbocycles.